The number of non-ortho nitro benzene ring substituents is 1. The number of benzene rings is 2. The van der Waals surface area contributed by atoms with Crippen molar-refractivity contribution in [2.24, 2.45) is 11.8 Å². The summed E-state index contributed by atoms with van der Waals surface area (Å²) in [4.78, 5) is 34.8. The summed E-state index contributed by atoms with van der Waals surface area (Å²) in [6.07, 6.45) is 0. The number of ether oxygens (including phenoxy) is 2. The summed E-state index contributed by atoms with van der Waals surface area (Å²) >= 11 is 0. The Morgan fingerprint density at radius 3 is 2.16 bits per heavy atom. The maximum Gasteiger partial charge on any atom is 0.335 e. The predicted molar refractivity (Wildman–Crippen MR) is 115 cm³/mol. The van der Waals surface area contributed by atoms with Crippen LogP contribution < -0.4 is 14.8 Å². The first-order valence-corrected chi connectivity index (χ1v) is 9.81. The number of anilines is 1. The number of aromatic carboxylic acids is 1. The number of nitro benzene ring substituents is 1. The lowest BCUT2D eigenvalue weighted by Gasteiger charge is -2.16. The molecule has 0 saturated carbocycles. The molecule has 0 aliphatic rings. The van der Waals surface area contributed by atoms with Crippen molar-refractivity contribution in [3.8, 4) is 11.5 Å². The minimum atomic E-state index is -1.12. The van der Waals surface area contributed by atoms with Gasteiger partial charge in [-0.1, -0.05) is 27.7 Å². The van der Waals surface area contributed by atoms with E-state index in [9.17, 15) is 24.8 Å². The number of carbonyl (C=O) groups is 2. The highest BCUT2D eigenvalue weighted by atomic mass is 16.6. The molecule has 0 heterocycles. The Hall–Kier alpha value is -3.62. The van der Waals surface area contributed by atoms with Crippen LogP contribution in [-0.2, 0) is 0 Å². The van der Waals surface area contributed by atoms with E-state index < -0.39 is 16.8 Å². The van der Waals surface area contributed by atoms with Crippen LogP contribution in [0.3, 0.4) is 0 Å². The maximum atomic E-state index is 12.9. The van der Waals surface area contributed by atoms with Gasteiger partial charge in [0.15, 0.2) is 0 Å². The molecule has 0 fully saturated rings. The summed E-state index contributed by atoms with van der Waals surface area (Å²) in [5.41, 5.74) is 0.224. The molecule has 2 aromatic rings. The molecular weight excluding hydrogens is 404 g/mol. The van der Waals surface area contributed by atoms with Gasteiger partial charge in [-0.2, -0.15) is 0 Å². The summed E-state index contributed by atoms with van der Waals surface area (Å²) in [6.45, 7) is 8.31. The van der Waals surface area contributed by atoms with Crippen LogP contribution in [0.1, 0.15) is 48.4 Å². The first kappa shape index (κ1) is 23.7. The average Bonchev–Trinajstić information content (AvgIpc) is 2.70. The number of carboxylic acids is 1. The van der Waals surface area contributed by atoms with Crippen molar-refractivity contribution < 1.29 is 29.1 Å². The van der Waals surface area contributed by atoms with Crippen molar-refractivity contribution in [3.05, 3.63) is 57.6 Å². The summed E-state index contributed by atoms with van der Waals surface area (Å²) in [5, 5.41) is 23.0. The van der Waals surface area contributed by atoms with Gasteiger partial charge < -0.3 is 19.9 Å². The van der Waals surface area contributed by atoms with Crippen LogP contribution in [0.2, 0.25) is 0 Å². The molecule has 31 heavy (non-hydrogen) atoms. The minimum Gasteiger partial charge on any atom is -0.492 e. The van der Waals surface area contributed by atoms with Gasteiger partial charge in [-0.25, -0.2) is 4.79 Å². The lowest BCUT2D eigenvalue weighted by Crippen LogP contribution is -2.16. The highest BCUT2D eigenvalue weighted by molar-refractivity contribution is 6.07. The minimum absolute atomic E-state index is 0.0213. The number of nitrogens with zero attached hydrogens (tertiary/aromatic N) is 1. The van der Waals surface area contributed by atoms with Gasteiger partial charge in [0, 0.05) is 6.07 Å². The van der Waals surface area contributed by atoms with Crippen molar-refractivity contribution in [1.82, 2.24) is 0 Å². The van der Waals surface area contributed by atoms with Gasteiger partial charge in [0.25, 0.3) is 11.6 Å². The Bertz CT molecular complexity index is 970. The molecule has 2 aromatic carbocycles. The summed E-state index contributed by atoms with van der Waals surface area (Å²) in [7, 11) is 0. The molecule has 0 saturated heterocycles. The first-order chi connectivity index (χ1) is 14.6. The van der Waals surface area contributed by atoms with Crippen LogP contribution in [0.4, 0.5) is 11.4 Å². The summed E-state index contributed by atoms with van der Waals surface area (Å²) in [6, 6.07) is 7.89. The van der Waals surface area contributed by atoms with E-state index in [1.54, 1.807) is 0 Å². The molecule has 0 unspecified atom stereocenters. The smallest absolute Gasteiger partial charge is 0.335 e. The molecule has 0 atom stereocenters. The van der Waals surface area contributed by atoms with Gasteiger partial charge in [-0.15, -0.1) is 0 Å². The zero-order valence-corrected chi connectivity index (χ0v) is 17.9. The molecule has 0 aromatic heterocycles. The monoisotopic (exact) mass is 430 g/mol. The Kier molecular flexibility index (Phi) is 7.95. The van der Waals surface area contributed by atoms with Gasteiger partial charge in [0.1, 0.15) is 11.5 Å². The lowest BCUT2D eigenvalue weighted by molar-refractivity contribution is -0.384. The van der Waals surface area contributed by atoms with Crippen molar-refractivity contribution in [3.63, 3.8) is 0 Å². The molecule has 0 radical (unpaired) electrons. The Labute approximate surface area is 180 Å². The van der Waals surface area contributed by atoms with E-state index in [0.29, 0.717) is 6.61 Å². The molecule has 166 valence electrons. The van der Waals surface area contributed by atoms with Crippen LogP contribution in [0, 0.1) is 22.0 Å². The van der Waals surface area contributed by atoms with Crippen LogP contribution in [0.25, 0.3) is 0 Å². The van der Waals surface area contributed by atoms with E-state index >= 15 is 0 Å². The van der Waals surface area contributed by atoms with Gasteiger partial charge in [-0.3, -0.25) is 14.9 Å². The molecule has 0 aliphatic carbocycles. The van der Waals surface area contributed by atoms with E-state index in [1.165, 1.54) is 36.4 Å². The van der Waals surface area contributed by atoms with Gasteiger partial charge in [0.05, 0.1) is 41.0 Å². The lowest BCUT2D eigenvalue weighted by atomic mass is 10.1. The summed E-state index contributed by atoms with van der Waals surface area (Å²) in [5.74, 6) is -1.05. The van der Waals surface area contributed by atoms with E-state index in [1.807, 2.05) is 27.7 Å². The second-order valence-electron chi connectivity index (χ2n) is 7.82. The van der Waals surface area contributed by atoms with Gasteiger partial charge in [0.2, 0.25) is 0 Å². The van der Waals surface area contributed by atoms with E-state index in [0.717, 1.165) is 0 Å². The second kappa shape index (κ2) is 10.4. The number of amides is 1. The molecule has 2 N–H and O–H groups in total. The fourth-order valence-corrected chi connectivity index (χ4v) is 2.51. The Morgan fingerprint density at radius 2 is 1.61 bits per heavy atom. The van der Waals surface area contributed by atoms with Crippen molar-refractivity contribution >= 4 is 23.3 Å². The number of nitrogens with one attached hydrogen (secondary N) is 1. The SMILES string of the molecule is CC(C)COc1cc(C(=O)O)ccc1NC(=O)c1ccc([N+](=O)[O-])cc1OCC(C)C. The molecule has 1 amide bonds. The average molecular weight is 430 g/mol. The fraction of sp³-hybridized carbons (Fsp3) is 0.364. The highest BCUT2D eigenvalue weighted by Gasteiger charge is 2.20. The predicted octanol–water partition coefficient (Wildman–Crippen LogP) is 4.61. The van der Waals surface area contributed by atoms with Crippen LogP contribution in [0.5, 0.6) is 11.5 Å². The van der Waals surface area contributed by atoms with E-state index in [2.05, 4.69) is 5.32 Å². The molecule has 0 spiro atoms. The zero-order chi connectivity index (χ0) is 23.1. The van der Waals surface area contributed by atoms with E-state index in [4.69, 9.17) is 9.47 Å². The number of rotatable bonds is 10. The molecule has 9 heteroatoms. The number of carbonyl (C=O) groups excluding carboxylic acids is 1. The number of hydrogen-bond acceptors (Lipinski definition) is 6. The van der Waals surface area contributed by atoms with E-state index in [-0.39, 0.29) is 52.4 Å². The number of nitro groups is 1. The largest absolute Gasteiger partial charge is 0.492 e. The van der Waals surface area contributed by atoms with Crippen molar-refractivity contribution in [2.75, 3.05) is 18.5 Å². The van der Waals surface area contributed by atoms with Crippen LogP contribution >= 0.6 is 0 Å². The highest BCUT2D eigenvalue weighted by Crippen LogP contribution is 2.30. The molecular formula is C22H26N2O7. The van der Waals surface area contributed by atoms with Crippen molar-refractivity contribution in [2.45, 2.75) is 27.7 Å². The quantitative estimate of drug-likeness (QED) is 0.416. The topological polar surface area (TPSA) is 128 Å². The number of hydrogen-bond donors (Lipinski definition) is 2. The van der Waals surface area contributed by atoms with Gasteiger partial charge in [-0.05, 0) is 36.1 Å². The van der Waals surface area contributed by atoms with Crippen molar-refractivity contribution in [1.29, 1.82) is 0 Å². The van der Waals surface area contributed by atoms with Crippen LogP contribution in [-0.4, -0.2) is 35.1 Å². The summed E-state index contributed by atoms with van der Waals surface area (Å²) < 4.78 is 11.3. The Balaban J connectivity index is 2.37. The Morgan fingerprint density at radius 1 is 1.00 bits per heavy atom. The first-order valence-electron chi connectivity index (χ1n) is 9.81. The third kappa shape index (κ3) is 6.70. The number of carboxylic acid groups (broad SMARTS) is 1. The second-order valence-corrected chi connectivity index (χ2v) is 7.82. The third-order valence-electron chi connectivity index (χ3n) is 4.04. The molecule has 0 aliphatic heterocycles. The molecule has 0 bridgehead atoms. The zero-order valence-electron chi connectivity index (χ0n) is 17.9. The normalized spacial score (nSPS) is 10.8. The molecule has 9 nitrogen and oxygen atoms in total. The van der Waals surface area contributed by atoms with Gasteiger partial charge >= 0.3 is 5.97 Å². The molecule has 2 rings (SSSR count). The fourth-order valence-electron chi connectivity index (χ4n) is 2.51. The van der Waals surface area contributed by atoms with Crippen LogP contribution in [0.15, 0.2) is 36.4 Å². The third-order valence-corrected chi connectivity index (χ3v) is 4.04. The maximum absolute atomic E-state index is 12.9. The standard InChI is InChI=1S/C22H26N2O7/c1-13(2)11-30-19-10-16(24(28)29)6-7-17(19)21(25)23-18-8-5-15(22(26)27)9-20(18)31-12-14(3)4/h5-10,13-14H,11-12H2,1-4H3,(H,23,25)(H,26,27).